The number of nitrogens with two attached hydrogens (primary N) is 3. The molecule has 1 unspecified atom stereocenters. The SMILES string of the molecule is C=N[C@H]1[C@@H](N)C(O[C@H]2[C@H](C)O[C@@H](O)C[C@@H]2OC)O[C@@H](N)[C@@]1(N)N=C. The molecule has 9 atom stereocenters. The molecule has 2 heterocycles. The van der Waals surface area contributed by atoms with Crippen LogP contribution in [0.5, 0.6) is 0 Å². The summed E-state index contributed by atoms with van der Waals surface area (Å²) in [5.41, 5.74) is 16.9. The highest BCUT2D eigenvalue weighted by atomic mass is 16.7. The molecule has 0 saturated carbocycles. The van der Waals surface area contributed by atoms with Crippen molar-refractivity contribution >= 4 is 13.4 Å². The van der Waals surface area contributed by atoms with Gasteiger partial charge >= 0.3 is 0 Å². The highest BCUT2D eigenvalue weighted by Crippen LogP contribution is 2.32. The minimum atomic E-state index is -1.40. The Bertz CT molecular complexity index is 469. The zero-order valence-corrected chi connectivity index (χ0v) is 13.9. The molecule has 0 aliphatic carbocycles. The number of rotatable bonds is 5. The summed E-state index contributed by atoms with van der Waals surface area (Å²) in [4.78, 5) is 7.77. The van der Waals surface area contributed by atoms with E-state index in [2.05, 4.69) is 23.4 Å². The summed E-state index contributed by atoms with van der Waals surface area (Å²) in [5, 5.41) is 9.69. The molecule has 2 rings (SSSR count). The smallest absolute Gasteiger partial charge is 0.177 e. The maximum atomic E-state index is 9.69. The summed E-state index contributed by atoms with van der Waals surface area (Å²) in [6.07, 6.45) is -3.96. The van der Waals surface area contributed by atoms with E-state index in [-0.39, 0.29) is 6.42 Å². The average Bonchev–Trinajstić information content (AvgIpc) is 2.54. The van der Waals surface area contributed by atoms with Gasteiger partial charge in [-0.2, -0.15) is 0 Å². The quantitative estimate of drug-likeness (QED) is 0.412. The van der Waals surface area contributed by atoms with Crippen LogP contribution < -0.4 is 17.2 Å². The maximum absolute atomic E-state index is 9.69. The fraction of sp³-hybridized carbons (Fsp3) is 0.857. The van der Waals surface area contributed by atoms with Crippen LogP contribution in [0.25, 0.3) is 0 Å². The molecule has 0 aromatic carbocycles. The molecule has 0 amide bonds. The van der Waals surface area contributed by atoms with Gasteiger partial charge in [0.25, 0.3) is 0 Å². The molecule has 2 aliphatic rings. The van der Waals surface area contributed by atoms with Crippen LogP contribution in [0.2, 0.25) is 0 Å². The lowest BCUT2D eigenvalue weighted by atomic mass is 9.90. The van der Waals surface area contributed by atoms with Gasteiger partial charge in [0.1, 0.15) is 18.4 Å². The van der Waals surface area contributed by atoms with Gasteiger partial charge < -0.3 is 41.3 Å². The Morgan fingerprint density at radius 2 is 1.96 bits per heavy atom. The van der Waals surface area contributed by atoms with Gasteiger partial charge in [-0.1, -0.05) is 0 Å². The minimum absolute atomic E-state index is 0.262. The van der Waals surface area contributed by atoms with Crippen molar-refractivity contribution in [2.45, 2.75) is 68.2 Å². The predicted octanol–water partition coefficient (Wildman–Crippen LogP) is -2.09. The third-order valence-corrected chi connectivity index (χ3v) is 4.59. The van der Waals surface area contributed by atoms with Crippen molar-refractivity contribution in [2.75, 3.05) is 7.11 Å². The van der Waals surface area contributed by atoms with E-state index in [0.717, 1.165) is 0 Å². The van der Waals surface area contributed by atoms with Crippen LogP contribution in [0.3, 0.4) is 0 Å². The molecule has 2 fully saturated rings. The lowest BCUT2D eigenvalue weighted by Gasteiger charge is -2.48. The Hall–Kier alpha value is -0.980. The van der Waals surface area contributed by atoms with Crippen LogP contribution >= 0.6 is 0 Å². The maximum Gasteiger partial charge on any atom is 0.177 e. The van der Waals surface area contributed by atoms with Crippen molar-refractivity contribution in [3.63, 3.8) is 0 Å². The summed E-state index contributed by atoms with van der Waals surface area (Å²) in [5.74, 6) is 0. The molecular formula is C14H27N5O5. The largest absolute Gasteiger partial charge is 0.378 e. The van der Waals surface area contributed by atoms with E-state index >= 15 is 0 Å². The van der Waals surface area contributed by atoms with Crippen molar-refractivity contribution in [1.29, 1.82) is 0 Å². The van der Waals surface area contributed by atoms with E-state index < -0.39 is 54.9 Å². The van der Waals surface area contributed by atoms with Crippen LogP contribution in [-0.2, 0) is 18.9 Å². The summed E-state index contributed by atoms with van der Waals surface area (Å²) in [6.45, 7) is 8.70. The fourth-order valence-corrected chi connectivity index (χ4v) is 3.14. The lowest BCUT2D eigenvalue weighted by Crippen LogP contribution is -2.74. The highest BCUT2D eigenvalue weighted by molar-refractivity contribution is 5.31. The first-order chi connectivity index (χ1) is 11.3. The van der Waals surface area contributed by atoms with Crippen molar-refractivity contribution < 1.29 is 24.1 Å². The second kappa shape index (κ2) is 7.50. The third-order valence-electron chi connectivity index (χ3n) is 4.59. The zero-order chi connectivity index (χ0) is 18.1. The molecule has 0 aromatic heterocycles. The van der Waals surface area contributed by atoms with E-state index in [1.165, 1.54) is 7.11 Å². The third kappa shape index (κ3) is 3.37. The molecule has 7 N–H and O–H groups in total. The van der Waals surface area contributed by atoms with Gasteiger partial charge in [-0.3, -0.25) is 9.98 Å². The first kappa shape index (κ1) is 19.3. The van der Waals surface area contributed by atoms with Gasteiger partial charge in [0.05, 0.1) is 18.2 Å². The summed E-state index contributed by atoms with van der Waals surface area (Å²) in [7, 11) is 1.53. The van der Waals surface area contributed by atoms with E-state index in [0.29, 0.717) is 0 Å². The van der Waals surface area contributed by atoms with E-state index in [9.17, 15) is 5.11 Å². The molecule has 0 radical (unpaired) electrons. The molecule has 0 spiro atoms. The number of aliphatic hydroxyl groups is 1. The van der Waals surface area contributed by atoms with Crippen molar-refractivity contribution in [2.24, 2.45) is 27.2 Å². The van der Waals surface area contributed by atoms with Gasteiger partial charge in [0.15, 0.2) is 18.2 Å². The van der Waals surface area contributed by atoms with Crippen LogP contribution in [0, 0.1) is 0 Å². The summed E-state index contributed by atoms with van der Waals surface area (Å²) >= 11 is 0. The van der Waals surface area contributed by atoms with Crippen LogP contribution in [-0.4, -0.2) is 80.5 Å². The summed E-state index contributed by atoms with van der Waals surface area (Å²) < 4.78 is 22.3. The number of hydrogen-bond acceptors (Lipinski definition) is 10. The van der Waals surface area contributed by atoms with E-state index in [1.807, 2.05) is 0 Å². The fourth-order valence-electron chi connectivity index (χ4n) is 3.14. The molecule has 2 saturated heterocycles. The predicted molar refractivity (Wildman–Crippen MR) is 87.5 cm³/mol. The first-order valence-electron chi connectivity index (χ1n) is 7.69. The highest BCUT2D eigenvalue weighted by Gasteiger charge is 2.53. The van der Waals surface area contributed by atoms with Gasteiger partial charge in [-0.05, 0) is 20.4 Å². The van der Waals surface area contributed by atoms with Crippen LogP contribution in [0.1, 0.15) is 13.3 Å². The minimum Gasteiger partial charge on any atom is -0.378 e. The number of ether oxygens (including phenoxy) is 4. The zero-order valence-electron chi connectivity index (χ0n) is 13.9. The van der Waals surface area contributed by atoms with Gasteiger partial charge in [-0.25, -0.2) is 0 Å². The second-order valence-electron chi connectivity index (χ2n) is 6.08. The van der Waals surface area contributed by atoms with Gasteiger partial charge in [0, 0.05) is 13.5 Å². The summed E-state index contributed by atoms with van der Waals surface area (Å²) in [6, 6.07) is -1.51. The van der Waals surface area contributed by atoms with E-state index in [1.54, 1.807) is 6.92 Å². The molecule has 10 nitrogen and oxygen atoms in total. The Labute approximate surface area is 141 Å². The monoisotopic (exact) mass is 345 g/mol. The van der Waals surface area contributed by atoms with E-state index in [4.69, 9.17) is 36.1 Å². The molecular weight excluding hydrogens is 318 g/mol. The van der Waals surface area contributed by atoms with Crippen molar-refractivity contribution in [3.05, 3.63) is 0 Å². The molecule has 10 heteroatoms. The molecule has 0 aromatic rings. The van der Waals surface area contributed by atoms with Gasteiger partial charge in [-0.15, -0.1) is 0 Å². The second-order valence-corrected chi connectivity index (χ2v) is 6.08. The molecule has 138 valence electrons. The molecule has 2 aliphatic heterocycles. The Kier molecular flexibility index (Phi) is 6.04. The van der Waals surface area contributed by atoms with Crippen molar-refractivity contribution in [1.82, 2.24) is 0 Å². The average molecular weight is 345 g/mol. The standard InChI is InChI=1S/C14H27N5O5/c1-6-10(7(21-4)5-8(20)22-6)23-12-9(15)11(18-2)14(17,19-3)13(16)24-12/h6-13,20H,2-3,5,15-17H2,1,4H3/t6-,7-,8+,9+,10-,11-,12?,13+,14-/m0/s1. The topological polar surface area (TPSA) is 160 Å². The van der Waals surface area contributed by atoms with Crippen LogP contribution in [0.4, 0.5) is 0 Å². The number of hydrogen-bond donors (Lipinski definition) is 4. The van der Waals surface area contributed by atoms with Gasteiger partial charge in [0.2, 0.25) is 0 Å². The number of methoxy groups -OCH3 is 1. The number of aliphatic hydroxyl groups excluding tert-OH is 1. The lowest BCUT2D eigenvalue weighted by molar-refractivity contribution is -0.303. The van der Waals surface area contributed by atoms with Crippen molar-refractivity contribution in [3.8, 4) is 0 Å². The Morgan fingerprint density at radius 1 is 1.29 bits per heavy atom. The van der Waals surface area contributed by atoms with Crippen LogP contribution in [0.15, 0.2) is 9.98 Å². The first-order valence-corrected chi connectivity index (χ1v) is 7.69. The molecule has 0 bridgehead atoms. The Morgan fingerprint density at radius 3 is 2.50 bits per heavy atom. The number of aliphatic imine (C=N–C) groups is 2. The Balaban J connectivity index is 2.17. The normalized spacial score (nSPS) is 49.6. The molecule has 24 heavy (non-hydrogen) atoms. The number of nitrogens with zero attached hydrogens (tertiary/aromatic N) is 2.